The summed E-state index contributed by atoms with van der Waals surface area (Å²) in [5.41, 5.74) is 1.42. The van der Waals surface area contributed by atoms with Gasteiger partial charge in [-0.1, -0.05) is 39.7 Å². The zero-order valence-corrected chi connectivity index (χ0v) is 20.7. The summed E-state index contributed by atoms with van der Waals surface area (Å²) in [6.45, 7) is -0.440. The first-order valence-electron chi connectivity index (χ1n) is 9.67. The molecule has 3 rings (SSSR count). The van der Waals surface area contributed by atoms with Gasteiger partial charge in [0.05, 0.1) is 24.1 Å². The Balaban J connectivity index is 1.82. The normalized spacial score (nSPS) is 11.3. The molecule has 0 radical (unpaired) electrons. The number of carbonyl (C=O) groups is 2. The van der Waals surface area contributed by atoms with Crippen molar-refractivity contribution in [2.75, 3.05) is 19.0 Å². The van der Waals surface area contributed by atoms with Crippen LogP contribution in [0.15, 0.2) is 82.2 Å². The van der Waals surface area contributed by atoms with Crippen molar-refractivity contribution in [1.29, 1.82) is 0 Å². The van der Waals surface area contributed by atoms with Crippen molar-refractivity contribution in [2.45, 2.75) is 11.4 Å². The number of rotatable bonds is 8. The minimum atomic E-state index is -3.98. The molecule has 0 heterocycles. The number of amides is 1. The molecular weight excluding hydrogens is 532 g/mol. The average Bonchev–Trinajstić information content (AvgIpc) is 2.80. The molecule has 172 valence electrons. The van der Waals surface area contributed by atoms with E-state index < -0.39 is 28.4 Å². The third kappa shape index (κ3) is 6.64. The maximum Gasteiger partial charge on any atom is 0.337 e. The van der Waals surface area contributed by atoms with E-state index in [1.54, 1.807) is 36.4 Å². The molecule has 1 amide bonds. The van der Waals surface area contributed by atoms with Crippen molar-refractivity contribution in [3.8, 4) is 0 Å². The Morgan fingerprint density at radius 1 is 0.970 bits per heavy atom. The minimum absolute atomic E-state index is 0.0235. The second-order valence-corrected chi connectivity index (χ2v) is 10.3. The van der Waals surface area contributed by atoms with Crippen LogP contribution in [-0.2, 0) is 26.1 Å². The predicted molar refractivity (Wildman–Crippen MR) is 130 cm³/mol. The maximum absolute atomic E-state index is 13.3. The fraction of sp³-hybridized carbons (Fsp3) is 0.130. The highest BCUT2D eigenvalue weighted by Crippen LogP contribution is 2.22. The predicted octanol–water partition coefficient (Wildman–Crippen LogP) is 4.72. The summed E-state index contributed by atoms with van der Waals surface area (Å²) in [5, 5.41) is 3.18. The van der Waals surface area contributed by atoms with Crippen molar-refractivity contribution >= 4 is 55.1 Å². The van der Waals surface area contributed by atoms with Crippen molar-refractivity contribution in [3.63, 3.8) is 0 Å². The zero-order chi connectivity index (χ0) is 24.0. The molecule has 0 atom stereocenters. The van der Waals surface area contributed by atoms with E-state index in [2.05, 4.69) is 26.0 Å². The largest absolute Gasteiger partial charge is 0.465 e. The molecule has 3 aromatic carbocycles. The summed E-state index contributed by atoms with van der Waals surface area (Å²) >= 11 is 9.23. The van der Waals surface area contributed by atoms with Crippen LogP contribution >= 0.6 is 27.5 Å². The lowest BCUT2D eigenvalue weighted by molar-refractivity contribution is -0.116. The van der Waals surface area contributed by atoms with E-state index in [9.17, 15) is 18.0 Å². The van der Waals surface area contributed by atoms with Gasteiger partial charge in [-0.3, -0.25) is 4.79 Å². The number of nitrogens with zero attached hydrogens (tertiary/aromatic N) is 1. The van der Waals surface area contributed by atoms with Crippen molar-refractivity contribution in [1.82, 2.24) is 4.31 Å². The summed E-state index contributed by atoms with van der Waals surface area (Å²) < 4.78 is 33.1. The Morgan fingerprint density at radius 2 is 1.58 bits per heavy atom. The van der Waals surface area contributed by atoms with E-state index in [0.29, 0.717) is 21.8 Å². The molecule has 0 aliphatic carbocycles. The topological polar surface area (TPSA) is 92.8 Å². The van der Waals surface area contributed by atoms with Crippen LogP contribution in [0.2, 0.25) is 5.02 Å². The smallest absolute Gasteiger partial charge is 0.337 e. The van der Waals surface area contributed by atoms with Crippen LogP contribution < -0.4 is 5.32 Å². The number of methoxy groups -OCH3 is 1. The molecule has 1 N–H and O–H groups in total. The Morgan fingerprint density at radius 3 is 2.15 bits per heavy atom. The highest BCUT2D eigenvalue weighted by molar-refractivity contribution is 9.10. The number of ether oxygens (including phenoxy) is 1. The monoisotopic (exact) mass is 550 g/mol. The molecule has 0 aromatic heterocycles. The van der Waals surface area contributed by atoms with Gasteiger partial charge in [-0.2, -0.15) is 4.31 Å². The highest BCUT2D eigenvalue weighted by Gasteiger charge is 2.27. The van der Waals surface area contributed by atoms with Gasteiger partial charge in [-0.05, 0) is 66.2 Å². The Hall–Kier alpha value is -2.72. The van der Waals surface area contributed by atoms with Crippen LogP contribution in [0.4, 0.5) is 5.69 Å². The number of esters is 1. The number of sulfonamides is 1. The Kier molecular flexibility index (Phi) is 8.25. The van der Waals surface area contributed by atoms with E-state index in [1.807, 2.05) is 0 Å². The van der Waals surface area contributed by atoms with E-state index in [1.165, 1.54) is 43.5 Å². The lowest BCUT2D eigenvalue weighted by Crippen LogP contribution is -2.37. The number of hydrogen-bond donors (Lipinski definition) is 1. The van der Waals surface area contributed by atoms with Gasteiger partial charge >= 0.3 is 5.97 Å². The average molecular weight is 552 g/mol. The molecule has 7 nitrogen and oxygen atoms in total. The molecule has 0 aliphatic heterocycles. The second-order valence-electron chi connectivity index (χ2n) is 6.97. The van der Waals surface area contributed by atoms with Gasteiger partial charge in [0.2, 0.25) is 15.9 Å². The molecule has 0 spiro atoms. The zero-order valence-electron chi connectivity index (χ0n) is 17.5. The molecule has 0 bridgehead atoms. The quantitative estimate of drug-likeness (QED) is 0.409. The van der Waals surface area contributed by atoms with Crippen LogP contribution in [0.3, 0.4) is 0 Å². The van der Waals surface area contributed by atoms with Crippen LogP contribution in [0.5, 0.6) is 0 Å². The second kappa shape index (κ2) is 10.9. The molecule has 10 heteroatoms. The first-order valence-corrected chi connectivity index (χ1v) is 12.3. The molecule has 0 saturated carbocycles. The highest BCUT2D eigenvalue weighted by atomic mass is 79.9. The number of benzene rings is 3. The number of carbonyl (C=O) groups excluding carboxylic acids is 2. The first kappa shape index (κ1) is 24.9. The standard InChI is InChI=1S/C23H20BrClN2O5S/c1-32-23(29)17-4-10-20(11-5-17)26-22(28)15-27(14-16-2-8-19(25)9-3-16)33(30,31)21-12-6-18(24)7-13-21/h2-13H,14-15H2,1H3,(H,26,28). The lowest BCUT2D eigenvalue weighted by Gasteiger charge is -2.22. The molecule has 3 aromatic rings. The fourth-order valence-corrected chi connectivity index (χ4v) is 4.72. The van der Waals surface area contributed by atoms with Crippen LogP contribution in [0.1, 0.15) is 15.9 Å². The summed E-state index contributed by atoms with van der Waals surface area (Å²) in [7, 11) is -2.70. The summed E-state index contributed by atoms with van der Waals surface area (Å²) in [4.78, 5) is 24.4. The van der Waals surface area contributed by atoms with Crippen LogP contribution in [-0.4, -0.2) is 38.3 Å². The van der Waals surface area contributed by atoms with Gasteiger partial charge in [-0.15, -0.1) is 0 Å². The number of halogens is 2. The van der Waals surface area contributed by atoms with E-state index in [0.717, 1.165) is 8.78 Å². The van der Waals surface area contributed by atoms with Crippen molar-refractivity contribution < 1.29 is 22.7 Å². The summed E-state index contributed by atoms with van der Waals surface area (Å²) in [5.74, 6) is -1.03. The number of anilines is 1. The SMILES string of the molecule is COC(=O)c1ccc(NC(=O)CN(Cc2ccc(Cl)cc2)S(=O)(=O)c2ccc(Br)cc2)cc1. The van der Waals surface area contributed by atoms with Gasteiger partial charge in [-0.25, -0.2) is 13.2 Å². The van der Waals surface area contributed by atoms with Gasteiger partial charge < -0.3 is 10.1 Å². The van der Waals surface area contributed by atoms with Gasteiger partial charge in [0.1, 0.15) is 0 Å². The van der Waals surface area contributed by atoms with Crippen LogP contribution in [0, 0.1) is 0 Å². The minimum Gasteiger partial charge on any atom is -0.465 e. The van der Waals surface area contributed by atoms with E-state index in [4.69, 9.17) is 11.6 Å². The van der Waals surface area contributed by atoms with Gasteiger partial charge in [0.15, 0.2) is 0 Å². The van der Waals surface area contributed by atoms with Crippen molar-refractivity contribution in [3.05, 3.63) is 93.4 Å². The third-order valence-electron chi connectivity index (χ3n) is 4.63. The molecule has 0 saturated heterocycles. The summed E-state index contributed by atoms with van der Waals surface area (Å²) in [6.07, 6.45) is 0. The lowest BCUT2D eigenvalue weighted by atomic mass is 10.2. The van der Waals surface area contributed by atoms with Crippen molar-refractivity contribution in [2.24, 2.45) is 0 Å². The number of nitrogens with one attached hydrogen (secondary N) is 1. The number of hydrogen-bond acceptors (Lipinski definition) is 5. The molecular formula is C23H20BrClN2O5S. The first-order chi connectivity index (χ1) is 15.7. The molecule has 0 fully saturated rings. The van der Waals surface area contributed by atoms with Crippen LogP contribution in [0.25, 0.3) is 0 Å². The van der Waals surface area contributed by atoms with E-state index in [-0.39, 0.29) is 11.4 Å². The Labute approximate surface area is 205 Å². The van der Waals surface area contributed by atoms with E-state index >= 15 is 0 Å². The molecule has 0 aliphatic rings. The maximum atomic E-state index is 13.3. The molecule has 33 heavy (non-hydrogen) atoms. The third-order valence-corrected chi connectivity index (χ3v) is 7.22. The fourth-order valence-electron chi connectivity index (χ4n) is 2.94. The van der Waals surface area contributed by atoms with Gasteiger partial charge in [0, 0.05) is 21.7 Å². The molecule has 0 unspecified atom stereocenters. The van der Waals surface area contributed by atoms with Gasteiger partial charge in [0.25, 0.3) is 0 Å². The Bertz CT molecular complexity index is 1230. The summed E-state index contributed by atoms with van der Waals surface area (Å²) in [6, 6.07) is 19.0.